The zero-order valence-corrected chi connectivity index (χ0v) is 13.0. The van der Waals surface area contributed by atoms with E-state index in [1.54, 1.807) is 6.08 Å². The van der Waals surface area contributed by atoms with E-state index in [0.717, 1.165) is 16.6 Å². The second kappa shape index (κ2) is 5.52. The first kappa shape index (κ1) is 16.0. The molecule has 0 aromatic heterocycles. The quantitative estimate of drug-likeness (QED) is 0.555. The van der Waals surface area contributed by atoms with Gasteiger partial charge in [-0.1, -0.05) is 37.0 Å². The first-order valence-corrected chi connectivity index (χ1v) is 6.63. The van der Waals surface area contributed by atoms with Crippen molar-refractivity contribution in [1.82, 2.24) is 0 Å². The highest BCUT2D eigenvalue weighted by atomic mass is 16.7. The predicted octanol–water partition coefficient (Wildman–Crippen LogP) is 4.25. The Balaban J connectivity index is 2.96. The molecular formula is C16H25BO2. The van der Waals surface area contributed by atoms with Crippen LogP contribution in [0.2, 0.25) is 0 Å². The van der Waals surface area contributed by atoms with Crippen molar-refractivity contribution in [1.29, 1.82) is 0 Å². The van der Waals surface area contributed by atoms with Gasteiger partial charge in [-0.3, -0.25) is 0 Å². The van der Waals surface area contributed by atoms with Crippen LogP contribution in [0.1, 0.15) is 41.5 Å². The molecule has 0 spiro atoms. The van der Waals surface area contributed by atoms with Gasteiger partial charge in [0.2, 0.25) is 0 Å². The van der Waals surface area contributed by atoms with Crippen molar-refractivity contribution < 1.29 is 9.31 Å². The fourth-order valence-electron chi connectivity index (χ4n) is 1.59. The van der Waals surface area contributed by atoms with E-state index in [9.17, 15) is 0 Å². The van der Waals surface area contributed by atoms with Crippen LogP contribution >= 0.6 is 0 Å². The fraction of sp³-hybridized carbons (Fsp3) is 0.500. The molecule has 0 amide bonds. The van der Waals surface area contributed by atoms with Gasteiger partial charge in [-0.25, -0.2) is 0 Å². The summed E-state index contributed by atoms with van der Waals surface area (Å²) in [5, 5.41) is 0. The summed E-state index contributed by atoms with van der Waals surface area (Å²) in [6, 6.07) is 0. The second-order valence-corrected chi connectivity index (χ2v) is 6.09. The fourth-order valence-corrected chi connectivity index (χ4v) is 1.59. The van der Waals surface area contributed by atoms with Crippen LogP contribution in [-0.2, 0) is 9.31 Å². The van der Waals surface area contributed by atoms with E-state index >= 15 is 0 Å². The SMILES string of the molecule is C=C/C(=C\C=C(\C)C(=C)C)B1OC(C)(C)C(C)(C)O1. The molecule has 0 aromatic carbocycles. The Morgan fingerprint density at radius 3 is 1.84 bits per heavy atom. The van der Waals surface area contributed by atoms with Crippen molar-refractivity contribution in [3.63, 3.8) is 0 Å². The van der Waals surface area contributed by atoms with Crippen LogP contribution in [0, 0.1) is 0 Å². The highest BCUT2D eigenvalue weighted by Gasteiger charge is 2.51. The minimum Gasteiger partial charge on any atom is -0.399 e. The van der Waals surface area contributed by atoms with E-state index in [0.29, 0.717) is 0 Å². The van der Waals surface area contributed by atoms with Gasteiger partial charge in [0.15, 0.2) is 0 Å². The Morgan fingerprint density at radius 2 is 1.47 bits per heavy atom. The third-order valence-corrected chi connectivity index (χ3v) is 3.96. The molecule has 0 atom stereocenters. The number of allylic oxidation sites excluding steroid dienone is 6. The normalized spacial score (nSPS) is 22.5. The lowest BCUT2D eigenvalue weighted by Gasteiger charge is -2.32. The summed E-state index contributed by atoms with van der Waals surface area (Å²) in [5.41, 5.74) is 2.46. The van der Waals surface area contributed by atoms with Crippen LogP contribution in [0.3, 0.4) is 0 Å². The molecule has 2 nitrogen and oxygen atoms in total. The van der Waals surface area contributed by atoms with Crippen LogP contribution in [0.5, 0.6) is 0 Å². The summed E-state index contributed by atoms with van der Waals surface area (Å²) >= 11 is 0. The molecule has 0 radical (unpaired) electrons. The first-order chi connectivity index (χ1) is 8.60. The van der Waals surface area contributed by atoms with Gasteiger partial charge in [0.25, 0.3) is 0 Å². The average molecular weight is 260 g/mol. The predicted molar refractivity (Wildman–Crippen MR) is 82.9 cm³/mol. The van der Waals surface area contributed by atoms with Crippen molar-refractivity contribution in [3.8, 4) is 0 Å². The maximum absolute atomic E-state index is 6.00. The van der Waals surface area contributed by atoms with Crippen LogP contribution < -0.4 is 0 Å². The zero-order valence-electron chi connectivity index (χ0n) is 13.0. The summed E-state index contributed by atoms with van der Waals surface area (Å²) in [6.45, 7) is 20.0. The van der Waals surface area contributed by atoms with Crippen LogP contribution in [0.4, 0.5) is 0 Å². The van der Waals surface area contributed by atoms with E-state index in [2.05, 4.69) is 13.2 Å². The molecule has 104 valence electrons. The highest BCUT2D eigenvalue weighted by Crippen LogP contribution is 2.38. The molecule has 0 bridgehead atoms. The molecule has 0 saturated carbocycles. The molecule has 19 heavy (non-hydrogen) atoms. The molecule has 1 aliphatic rings. The molecule has 0 N–H and O–H groups in total. The maximum Gasteiger partial charge on any atom is 0.494 e. The molecule has 1 fully saturated rings. The molecule has 1 rings (SSSR count). The lowest BCUT2D eigenvalue weighted by atomic mass is 9.77. The molecule has 1 heterocycles. The molecule has 1 aliphatic heterocycles. The van der Waals surface area contributed by atoms with Gasteiger partial charge < -0.3 is 9.31 Å². The van der Waals surface area contributed by atoms with Gasteiger partial charge in [0.1, 0.15) is 0 Å². The topological polar surface area (TPSA) is 18.5 Å². The summed E-state index contributed by atoms with van der Waals surface area (Å²) in [5.74, 6) is 0. The molecular weight excluding hydrogens is 235 g/mol. The van der Waals surface area contributed by atoms with E-state index in [4.69, 9.17) is 9.31 Å². The molecule has 0 unspecified atom stereocenters. The van der Waals surface area contributed by atoms with E-state index in [1.807, 2.05) is 53.7 Å². The molecule has 0 aliphatic carbocycles. The van der Waals surface area contributed by atoms with Crippen molar-refractivity contribution in [2.45, 2.75) is 52.7 Å². The largest absolute Gasteiger partial charge is 0.494 e. The van der Waals surface area contributed by atoms with Crippen LogP contribution in [-0.4, -0.2) is 18.3 Å². The Bertz CT molecular complexity index is 426. The smallest absolute Gasteiger partial charge is 0.399 e. The van der Waals surface area contributed by atoms with Crippen molar-refractivity contribution in [3.05, 3.63) is 48.0 Å². The van der Waals surface area contributed by atoms with Gasteiger partial charge in [0, 0.05) is 0 Å². The first-order valence-electron chi connectivity index (χ1n) is 6.63. The summed E-state index contributed by atoms with van der Waals surface area (Å²) in [7, 11) is -0.364. The maximum atomic E-state index is 6.00. The Morgan fingerprint density at radius 1 is 1.00 bits per heavy atom. The number of hydrogen-bond acceptors (Lipinski definition) is 2. The van der Waals surface area contributed by atoms with Crippen LogP contribution in [0.15, 0.2) is 48.0 Å². The lowest BCUT2D eigenvalue weighted by molar-refractivity contribution is 0.00578. The third-order valence-electron chi connectivity index (χ3n) is 3.96. The van der Waals surface area contributed by atoms with E-state index < -0.39 is 0 Å². The van der Waals surface area contributed by atoms with Crippen molar-refractivity contribution in [2.24, 2.45) is 0 Å². The van der Waals surface area contributed by atoms with Crippen molar-refractivity contribution >= 4 is 7.12 Å². The molecule has 0 aromatic rings. The average Bonchev–Trinajstić information content (AvgIpc) is 2.48. The second-order valence-electron chi connectivity index (χ2n) is 6.09. The third kappa shape index (κ3) is 3.49. The minimum absolute atomic E-state index is 0.327. The van der Waals surface area contributed by atoms with Gasteiger partial charge >= 0.3 is 7.12 Å². The zero-order chi connectivity index (χ0) is 14.8. The Labute approximate surface area is 118 Å². The summed E-state index contributed by atoms with van der Waals surface area (Å²) < 4.78 is 12.0. The Hall–Kier alpha value is -1.06. The van der Waals surface area contributed by atoms with E-state index in [1.165, 1.54) is 0 Å². The summed E-state index contributed by atoms with van der Waals surface area (Å²) in [6.07, 6.45) is 5.79. The standard InChI is InChI=1S/C16H25BO2/c1-9-14(11-10-13(4)12(2)3)17-18-15(5,6)16(7,8)19-17/h9-11H,1-2H2,3-8H3/b13-10-,14-11+. The lowest BCUT2D eigenvalue weighted by Crippen LogP contribution is -2.41. The summed E-state index contributed by atoms with van der Waals surface area (Å²) in [4.78, 5) is 0. The van der Waals surface area contributed by atoms with Crippen molar-refractivity contribution in [2.75, 3.05) is 0 Å². The number of rotatable bonds is 4. The number of hydrogen-bond donors (Lipinski definition) is 0. The molecule has 3 heteroatoms. The van der Waals surface area contributed by atoms with Gasteiger partial charge in [-0.15, -0.1) is 0 Å². The Kier molecular flexibility index (Phi) is 4.65. The monoisotopic (exact) mass is 260 g/mol. The minimum atomic E-state index is -0.364. The van der Waals surface area contributed by atoms with Gasteiger partial charge in [-0.2, -0.15) is 0 Å². The molecule has 1 saturated heterocycles. The van der Waals surface area contributed by atoms with Gasteiger partial charge in [-0.05, 0) is 52.6 Å². The van der Waals surface area contributed by atoms with Crippen LogP contribution in [0.25, 0.3) is 0 Å². The van der Waals surface area contributed by atoms with E-state index in [-0.39, 0.29) is 18.3 Å². The van der Waals surface area contributed by atoms with Gasteiger partial charge in [0.05, 0.1) is 11.2 Å². The highest BCUT2D eigenvalue weighted by molar-refractivity contribution is 6.55.